The first-order chi connectivity index (χ1) is 18.6. The number of amides is 2. The largest absolute Gasteiger partial charge is 0.467 e. The summed E-state index contributed by atoms with van der Waals surface area (Å²) >= 11 is 1.59. The third-order valence-electron chi connectivity index (χ3n) is 6.73. The van der Waals surface area contributed by atoms with Gasteiger partial charge in [-0.1, -0.05) is 62.7 Å². The number of carbonyl (C=O) groups is 2. The summed E-state index contributed by atoms with van der Waals surface area (Å²) in [5.41, 5.74) is 5.79. The van der Waals surface area contributed by atoms with Crippen LogP contribution < -0.4 is 10.2 Å². The summed E-state index contributed by atoms with van der Waals surface area (Å²) in [4.78, 5) is 28.6. The lowest BCUT2D eigenvalue weighted by molar-refractivity contribution is -0.123. The van der Waals surface area contributed by atoms with Crippen LogP contribution in [0.4, 0.5) is 5.82 Å². The van der Waals surface area contributed by atoms with Gasteiger partial charge in [-0.25, -0.2) is 4.68 Å². The lowest BCUT2D eigenvalue weighted by Crippen LogP contribution is -2.42. The fourth-order valence-corrected chi connectivity index (χ4v) is 6.10. The van der Waals surface area contributed by atoms with E-state index in [9.17, 15) is 9.59 Å². The highest BCUT2D eigenvalue weighted by Gasteiger charge is 2.40. The number of aromatic nitrogens is 2. The zero-order valence-electron chi connectivity index (χ0n) is 23.0. The van der Waals surface area contributed by atoms with Crippen molar-refractivity contribution in [3.05, 3.63) is 101 Å². The molecule has 0 radical (unpaired) electrons. The Labute approximate surface area is 233 Å². The van der Waals surface area contributed by atoms with E-state index in [0.29, 0.717) is 11.6 Å². The summed E-state index contributed by atoms with van der Waals surface area (Å²) in [7, 11) is 0. The minimum Gasteiger partial charge on any atom is -0.467 e. The molecule has 0 aliphatic carbocycles. The van der Waals surface area contributed by atoms with Gasteiger partial charge in [0.1, 0.15) is 18.1 Å². The number of nitrogens with zero attached hydrogens (tertiary/aromatic N) is 3. The SMILES string of the molecule is Cc1cccc(C2SCC(=O)N(CC(=O)NCc3ccco3)c3c2c(C(C)(C)C)nn3-c2cccc(C)c2)c1. The second-order valence-electron chi connectivity index (χ2n) is 11.0. The number of rotatable bonds is 6. The Morgan fingerprint density at radius 2 is 1.82 bits per heavy atom. The van der Waals surface area contributed by atoms with Crippen LogP contribution >= 0.6 is 11.8 Å². The van der Waals surface area contributed by atoms with E-state index < -0.39 is 0 Å². The number of nitrogens with one attached hydrogen (secondary N) is 1. The second kappa shape index (κ2) is 10.8. The van der Waals surface area contributed by atoms with Crippen molar-refractivity contribution in [1.82, 2.24) is 15.1 Å². The third-order valence-corrected chi connectivity index (χ3v) is 7.99. The number of thioether (sulfide) groups is 1. The maximum Gasteiger partial charge on any atom is 0.240 e. The normalized spacial score (nSPS) is 15.7. The van der Waals surface area contributed by atoms with E-state index in [4.69, 9.17) is 9.52 Å². The van der Waals surface area contributed by atoms with Crippen molar-refractivity contribution in [1.29, 1.82) is 0 Å². The van der Waals surface area contributed by atoms with Gasteiger partial charge in [-0.2, -0.15) is 5.10 Å². The summed E-state index contributed by atoms with van der Waals surface area (Å²) in [6, 6.07) is 20.1. The number of hydrogen-bond donors (Lipinski definition) is 1. The standard InChI is InChI=1S/C31H34N4O3S/c1-20-9-6-11-22(15-20)28-27-29(31(3,4)5)33-35(23-12-7-10-21(2)16-23)30(27)34(26(37)19-39-28)18-25(36)32-17-24-13-8-14-38-24/h6-16,28H,17-19H2,1-5H3,(H,32,36). The molecule has 1 aliphatic heterocycles. The van der Waals surface area contributed by atoms with Crippen LogP contribution in [0, 0.1) is 13.8 Å². The summed E-state index contributed by atoms with van der Waals surface area (Å²) < 4.78 is 7.22. The van der Waals surface area contributed by atoms with Crippen LogP contribution in [0.1, 0.15) is 59.7 Å². The summed E-state index contributed by atoms with van der Waals surface area (Å²) in [5, 5.41) is 7.93. The van der Waals surface area contributed by atoms with Gasteiger partial charge in [0.05, 0.1) is 35.2 Å². The number of fused-ring (bicyclic) bond motifs is 1. The average Bonchev–Trinajstić information content (AvgIpc) is 3.52. The molecule has 39 heavy (non-hydrogen) atoms. The van der Waals surface area contributed by atoms with Gasteiger partial charge in [0.15, 0.2) is 0 Å². The number of hydrogen-bond acceptors (Lipinski definition) is 5. The molecule has 1 N–H and O–H groups in total. The zero-order chi connectivity index (χ0) is 27.7. The first kappa shape index (κ1) is 26.8. The number of aryl methyl sites for hydroxylation is 2. The van der Waals surface area contributed by atoms with Gasteiger partial charge >= 0.3 is 0 Å². The molecule has 8 heteroatoms. The van der Waals surface area contributed by atoms with Gasteiger partial charge in [-0.3, -0.25) is 14.5 Å². The highest BCUT2D eigenvalue weighted by molar-refractivity contribution is 8.00. The number of carbonyl (C=O) groups excluding carboxylic acids is 2. The van der Waals surface area contributed by atoms with Crippen molar-refractivity contribution in [2.75, 3.05) is 17.2 Å². The minimum atomic E-state index is -0.303. The van der Waals surface area contributed by atoms with E-state index in [2.05, 4.69) is 63.3 Å². The second-order valence-corrected chi connectivity index (χ2v) is 12.1. The van der Waals surface area contributed by atoms with Crippen molar-refractivity contribution >= 4 is 29.4 Å². The molecule has 7 nitrogen and oxygen atoms in total. The smallest absolute Gasteiger partial charge is 0.240 e. The van der Waals surface area contributed by atoms with E-state index in [-0.39, 0.29) is 41.3 Å². The predicted molar refractivity (Wildman–Crippen MR) is 155 cm³/mol. The summed E-state index contributed by atoms with van der Waals surface area (Å²) in [6.45, 7) is 10.7. The lowest BCUT2D eigenvalue weighted by atomic mass is 9.87. The molecule has 5 rings (SSSR count). The molecule has 0 fully saturated rings. The van der Waals surface area contributed by atoms with E-state index in [0.717, 1.165) is 33.6 Å². The summed E-state index contributed by atoms with van der Waals surface area (Å²) in [5.74, 6) is 1.16. The van der Waals surface area contributed by atoms with Crippen molar-refractivity contribution in [3.8, 4) is 5.69 Å². The molecule has 0 spiro atoms. The highest BCUT2D eigenvalue weighted by Crippen LogP contribution is 2.48. The maximum absolute atomic E-state index is 13.8. The molecule has 1 unspecified atom stereocenters. The molecule has 0 bridgehead atoms. The minimum absolute atomic E-state index is 0.116. The monoisotopic (exact) mass is 542 g/mol. The predicted octanol–water partition coefficient (Wildman–Crippen LogP) is 5.87. The highest BCUT2D eigenvalue weighted by atomic mass is 32.2. The van der Waals surface area contributed by atoms with Gasteiger partial charge in [0.25, 0.3) is 0 Å². The molecule has 4 aromatic rings. The Bertz CT molecular complexity index is 1500. The fourth-order valence-electron chi connectivity index (χ4n) is 4.91. The molecular weight excluding hydrogens is 508 g/mol. The molecule has 2 aromatic heterocycles. The number of benzene rings is 2. The molecule has 1 atom stereocenters. The van der Waals surface area contributed by atoms with Crippen molar-refractivity contribution in [2.45, 2.75) is 51.8 Å². The first-order valence-corrected chi connectivity index (χ1v) is 14.1. The molecule has 1 aliphatic rings. The van der Waals surface area contributed by atoms with Crippen LogP contribution in [-0.2, 0) is 21.5 Å². The van der Waals surface area contributed by atoms with Crippen molar-refractivity contribution < 1.29 is 14.0 Å². The van der Waals surface area contributed by atoms with E-state index in [1.54, 1.807) is 35.1 Å². The molecule has 0 saturated heterocycles. The van der Waals surface area contributed by atoms with Gasteiger partial charge in [0, 0.05) is 11.0 Å². The zero-order valence-corrected chi connectivity index (χ0v) is 23.8. The van der Waals surface area contributed by atoms with E-state index in [1.165, 1.54) is 0 Å². The topological polar surface area (TPSA) is 80.4 Å². The Balaban J connectivity index is 1.68. The molecule has 202 valence electrons. The van der Waals surface area contributed by atoms with Gasteiger partial charge in [-0.15, -0.1) is 11.8 Å². The number of furan rings is 1. The van der Waals surface area contributed by atoms with Crippen LogP contribution in [0.15, 0.2) is 71.3 Å². The Kier molecular flexibility index (Phi) is 7.40. The molecule has 3 heterocycles. The van der Waals surface area contributed by atoms with Gasteiger partial charge in [-0.05, 0) is 49.2 Å². The van der Waals surface area contributed by atoms with Crippen molar-refractivity contribution in [2.24, 2.45) is 0 Å². The van der Waals surface area contributed by atoms with Crippen molar-refractivity contribution in [3.63, 3.8) is 0 Å². The van der Waals surface area contributed by atoms with E-state index >= 15 is 0 Å². The van der Waals surface area contributed by atoms with Crippen LogP contribution in [0.3, 0.4) is 0 Å². The van der Waals surface area contributed by atoms with Crippen LogP contribution in [-0.4, -0.2) is 33.9 Å². The molecule has 2 aromatic carbocycles. The fraction of sp³-hybridized carbons (Fsp3) is 0.323. The van der Waals surface area contributed by atoms with Gasteiger partial charge in [0.2, 0.25) is 11.8 Å². The molecule has 0 saturated carbocycles. The van der Waals surface area contributed by atoms with Crippen LogP contribution in [0.2, 0.25) is 0 Å². The van der Waals surface area contributed by atoms with E-state index in [1.807, 2.05) is 29.8 Å². The first-order valence-electron chi connectivity index (χ1n) is 13.1. The van der Waals surface area contributed by atoms with Crippen LogP contribution in [0.5, 0.6) is 0 Å². The quantitative estimate of drug-likeness (QED) is 0.330. The molecule has 2 amide bonds. The lowest BCUT2D eigenvalue weighted by Gasteiger charge is -2.24. The van der Waals surface area contributed by atoms with Crippen LogP contribution in [0.25, 0.3) is 5.69 Å². The van der Waals surface area contributed by atoms with Gasteiger partial charge < -0.3 is 9.73 Å². The Morgan fingerprint density at radius 3 is 2.49 bits per heavy atom. The summed E-state index contributed by atoms with van der Waals surface area (Å²) in [6.07, 6.45) is 1.57. The third kappa shape index (κ3) is 5.66. The number of anilines is 1. The average molecular weight is 543 g/mol. The Hall–Kier alpha value is -3.78. The maximum atomic E-state index is 13.8. The molecular formula is C31H34N4O3S. The Morgan fingerprint density at radius 1 is 1.08 bits per heavy atom.